The second-order valence-electron chi connectivity index (χ2n) is 3.39. The molecule has 0 aromatic heterocycles. The van der Waals surface area contributed by atoms with Crippen LogP contribution in [0.3, 0.4) is 0 Å². The van der Waals surface area contributed by atoms with Crippen LogP contribution in [0.4, 0.5) is 0 Å². The van der Waals surface area contributed by atoms with Crippen molar-refractivity contribution >= 4 is 5.78 Å². The van der Waals surface area contributed by atoms with Gasteiger partial charge < -0.3 is 10.2 Å². The van der Waals surface area contributed by atoms with E-state index in [-0.39, 0.29) is 22.8 Å². The number of benzene rings is 2. The van der Waals surface area contributed by atoms with Gasteiger partial charge in [0.05, 0.1) is 5.56 Å². The van der Waals surface area contributed by atoms with Crippen LogP contribution in [0.15, 0.2) is 48.5 Å². The predicted molar refractivity (Wildman–Crippen MR) is 59.6 cm³/mol. The van der Waals surface area contributed by atoms with Crippen molar-refractivity contribution in [2.75, 3.05) is 0 Å². The zero-order valence-corrected chi connectivity index (χ0v) is 8.42. The minimum Gasteiger partial charge on any atom is -0.508 e. The number of rotatable bonds is 2. The quantitative estimate of drug-likeness (QED) is 0.754. The number of hydrogen-bond donors (Lipinski definition) is 2. The number of hydrogen-bond acceptors (Lipinski definition) is 3. The van der Waals surface area contributed by atoms with Gasteiger partial charge in [-0.2, -0.15) is 0 Å². The van der Waals surface area contributed by atoms with Crippen molar-refractivity contribution in [1.82, 2.24) is 0 Å². The minimum absolute atomic E-state index is 0.0411. The number of para-hydroxylation sites is 1. The Kier molecular flexibility index (Phi) is 2.60. The van der Waals surface area contributed by atoms with Gasteiger partial charge in [-0.05, 0) is 36.4 Å². The van der Waals surface area contributed by atoms with Crippen LogP contribution in [0.25, 0.3) is 0 Å². The summed E-state index contributed by atoms with van der Waals surface area (Å²) in [7, 11) is 0. The first kappa shape index (κ1) is 10.2. The molecule has 0 radical (unpaired) electrons. The molecule has 0 aliphatic carbocycles. The van der Waals surface area contributed by atoms with Gasteiger partial charge in [0.2, 0.25) is 0 Å². The van der Waals surface area contributed by atoms with Crippen LogP contribution in [-0.4, -0.2) is 16.0 Å². The van der Waals surface area contributed by atoms with E-state index in [4.69, 9.17) is 5.11 Å². The summed E-state index contributed by atoms with van der Waals surface area (Å²) in [4.78, 5) is 11.9. The van der Waals surface area contributed by atoms with Gasteiger partial charge in [0.25, 0.3) is 0 Å². The van der Waals surface area contributed by atoms with E-state index in [1.807, 2.05) is 0 Å². The predicted octanol–water partition coefficient (Wildman–Crippen LogP) is 2.33. The van der Waals surface area contributed by atoms with E-state index < -0.39 is 0 Å². The van der Waals surface area contributed by atoms with Crippen LogP contribution in [0.2, 0.25) is 0 Å². The monoisotopic (exact) mass is 214 g/mol. The Balaban J connectivity index is 2.40. The number of carbonyl (C=O) groups excluding carboxylic acids is 1. The Morgan fingerprint density at radius 2 is 1.50 bits per heavy atom. The molecule has 0 bridgehead atoms. The molecule has 0 heterocycles. The molecule has 0 aliphatic heterocycles. The van der Waals surface area contributed by atoms with E-state index in [1.54, 1.807) is 18.2 Å². The molecule has 80 valence electrons. The summed E-state index contributed by atoms with van der Waals surface area (Å²) in [6.07, 6.45) is 0. The van der Waals surface area contributed by atoms with Crippen molar-refractivity contribution < 1.29 is 15.0 Å². The highest BCUT2D eigenvalue weighted by atomic mass is 16.3. The van der Waals surface area contributed by atoms with Gasteiger partial charge in [0.1, 0.15) is 11.5 Å². The summed E-state index contributed by atoms with van der Waals surface area (Å²) in [6, 6.07) is 12.3. The third-order valence-corrected chi connectivity index (χ3v) is 2.28. The van der Waals surface area contributed by atoms with Crippen molar-refractivity contribution in [2.24, 2.45) is 0 Å². The fourth-order valence-electron chi connectivity index (χ4n) is 1.43. The van der Waals surface area contributed by atoms with Gasteiger partial charge in [-0.15, -0.1) is 0 Å². The summed E-state index contributed by atoms with van der Waals surface area (Å²) in [6.45, 7) is 0. The minimum atomic E-state index is -0.266. The average molecular weight is 214 g/mol. The van der Waals surface area contributed by atoms with Crippen molar-refractivity contribution in [3.8, 4) is 11.5 Å². The lowest BCUT2D eigenvalue weighted by molar-refractivity contribution is 0.103. The molecular formula is C13H10O3. The Morgan fingerprint density at radius 1 is 0.875 bits per heavy atom. The number of phenolic OH excluding ortho intramolecular Hbond substituents is 2. The van der Waals surface area contributed by atoms with Gasteiger partial charge in [-0.1, -0.05) is 12.1 Å². The molecular weight excluding hydrogens is 204 g/mol. The van der Waals surface area contributed by atoms with E-state index in [2.05, 4.69) is 0 Å². The summed E-state index contributed by atoms with van der Waals surface area (Å²) in [5.74, 6) is -0.201. The average Bonchev–Trinajstić information content (AvgIpc) is 2.30. The van der Waals surface area contributed by atoms with Crippen LogP contribution in [0, 0.1) is 0 Å². The topological polar surface area (TPSA) is 57.5 Å². The normalized spacial score (nSPS) is 10.0. The van der Waals surface area contributed by atoms with Gasteiger partial charge in [0, 0.05) is 5.56 Å². The molecule has 2 N–H and O–H groups in total. The Hall–Kier alpha value is -2.29. The molecule has 0 atom stereocenters. The number of ketones is 1. The van der Waals surface area contributed by atoms with E-state index >= 15 is 0 Å². The van der Waals surface area contributed by atoms with Gasteiger partial charge >= 0.3 is 0 Å². The number of carbonyl (C=O) groups is 1. The lowest BCUT2D eigenvalue weighted by atomic mass is 10.0. The van der Waals surface area contributed by atoms with Crippen molar-refractivity contribution in [3.63, 3.8) is 0 Å². The molecule has 0 saturated carbocycles. The van der Waals surface area contributed by atoms with Gasteiger partial charge in [0.15, 0.2) is 5.78 Å². The molecule has 2 aromatic rings. The zero-order valence-electron chi connectivity index (χ0n) is 8.42. The highest BCUT2D eigenvalue weighted by molar-refractivity contribution is 6.10. The van der Waals surface area contributed by atoms with Gasteiger partial charge in [-0.25, -0.2) is 0 Å². The second kappa shape index (κ2) is 4.06. The van der Waals surface area contributed by atoms with Crippen molar-refractivity contribution in [2.45, 2.75) is 0 Å². The largest absolute Gasteiger partial charge is 0.508 e. The molecule has 3 nitrogen and oxygen atoms in total. The maximum atomic E-state index is 11.9. The summed E-state index contributed by atoms with van der Waals surface area (Å²) in [5, 5.41) is 18.6. The van der Waals surface area contributed by atoms with Crippen molar-refractivity contribution in [1.29, 1.82) is 0 Å². The molecule has 2 rings (SSSR count). The number of phenols is 2. The van der Waals surface area contributed by atoms with Crippen LogP contribution in [-0.2, 0) is 0 Å². The zero-order chi connectivity index (χ0) is 11.5. The lowest BCUT2D eigenvalue weighted by Crippen LogP contribution is -2.00. The third-order valence-electron chi connectivity index (χ3n) is 2.28. The summed E-state index contributed by atoms with van der Waals surface area (Å²) < 4.78 is 0. The molecule has 0 saturated heterocycles. The fraction of sp³-hybridized carbons (Fsp3) is 0. The Morgan fingerprint density at radius 3 is 2.12 bits per heavy atom. The Labute approximate surface area is 92.6 Å². The van der Waals surface area contributed by atoms with Crippen LogP contribution < -0.4 is 0 Å². The standard InChI is InChI=1S/C13H10O3/c14-10-7-5-9(6-8-10)13(16)11-3-1-2-4-12(11)15/h1-8,14-15H. The first-order valence-electron chi connectivity index (χ1n) is 4.80. The molecule has 16 heavy (non-hydrogen) atoms. The Bertz CT molecular complexity index is 515. The molecule has 0 unspecified atom stereocenters. The third kappa shape index (κ3) is 1.88. The highest BCUT2D eigenvalue weighted by Crippen LogP contribution is 2.20. The van der Waals surface area contributed by atoms with Gasteiger partial charge in [-0.3, -0.25) is 4.79 Å². The second-order valence-corrected chi connectivity index (χ2v) is 3.39. The molecule has 0 spiro atoms. The lowest BCUT2D eigenvalue weighted by Gasteiger charge is -2.03. The van der Waals surface area contributed by atoms with E-state index in [0.717, 1.165) is 0 Å². The molecule has 0 fully saturated rings. The molecule has 0 amide bonds. The van der Waals surface area contributed by atoms with Crippen LogP contribution in [0.5, 0.6) is 11.5 Å². The van der Waals surface area contributed by atoms with E-state index in [0.29, 0.717) is 5.56 Å². The van der Waals surface area contributed by atoms with Crippen molar-refractivity contribution in [3.05, 3.63) is 59.7 Å². The molecule has 3 heteroatoms. The smallest absolute Gasteiger partial charge is 0.196 e. The number of aromatic hydroxyl groups is 2. The SMILES string of the molecule is O=C(c1ccc(O)cc1)c1ccccc1O. The van der Waals surface area contributed by atoms with Crippen LogP contribution >= 0.6 is 0 Å². The maximum Gasteiger partial charge on any atom is 0.196 e. The molecule has 0 aliphatic rings. The first-order chi connectivity index (χ1) is 7.68. The van der Waals surface area contributed by atoms with E-state index in [1.165, 1.54) is 30.3 Å². The maximum absolute atomic E-state index is 11.9. The van der Waals surface area contributed by atoms with Crippen LogP contribution in [0.1, 0.15) is 15.9 Å². The molecule has 2 aromatic carbocycles. The highest BCUT2D eigenvalue weighted by Gasteiger charge is 2.12. The fourth-order valence-corrected chi connectivity index (χ4v) is 1.43. The first-order valence-corrected chi connectivity index (χ1v) is 4.80. The summed E-state index contributed by atoms with van der Waals surface area (Å²) >= 11 is 0. The summed E-state index contributed by atoms with van der Waals surface area (Å²) in [5.41, 5.74) is 0.687. The van der Waals surface area contributed by atoms with E-state index in [9.17, 15) is 9.90 Å².